The third-order valence-electron chi connectivity index (χ3n) is 2.39. The van der Waals surface area contributed by atoms with Crippen LogP contribution in [0, 0.1) is 0 Å². The number of hydrogen-bond donors (Lipinski definition) is 2. The van der Waals surface area contributed by atoms with E-state index in [1.807, 2.05) is 0 Å². The second-order valence-corrected chi connectivity index (χ2v) is 5.63. The van der Waals surface area contributed by atoms with Crippen molar-refractivity contribution in [2.24, 2.45) is 0 Å². The molecule has 0 aromatic carbocycles. The summed E-state index contributed by atoms with van der Waals surface area (Å²) >= 11 is 0. The Morgan fingerprint density at radius 1 is 1.25 bits per heavy atom. The lowest BCUT2D eigenvalue weighted by Crippen LogP contribution is -2.54. The first-order valence-corrected chi connectivity index (χ1v) is 6.90. The molecular weight excluding hydrogens is 332 g/mol. The molecule has 0 aliphatic heterocycles. The normalized spacial score (nSPS) is 13.1. The number of carbonyl (C=O) groups excluding carboxylic acids is 1. The summed E-state index contributed by atoms with van der Waals surface area (Å²) in [5.41, 5.74) is -0.981. The number of carboxylic acid groups (broad SMARTS) is 1. The number of ether oxygens (including phenoxy) is 4. The van der Waals surface area contributed by atoms with Gasteiger partial charge in [0.15, 0.2) is 12.6 Å². The zero-order chi connectivity index (χ0) is 19.0. The molecular formula is C14H23F2NO7. The number of amides is 1. The molecule has 10 heteroatoms. The summed E-state index contributed by atoms with van der Waals surface area (Å²) in [7, 11) is 1.43. The lowest BCUT2D eigenvalue weighted by Gasteiger charge is -2.27. The van der Waals surface area contributed by atoms with E-state index >= 15 is 0 Å². The fourth-order valence-electron chi connectivity index (χ4n) is 1.30. The number of aliphatic carboxylic acids is 1. The van der Waals surface area contributed by atoms with E-state index in [0.717, 1.165) is 0 Å². The SMILES string of the molecule is C=C(OCOCCOC)C(F)(F)C(NC(=O)OC(C)(C)C)C(=O)O. The minimum atomic E-state index is -4.09. The van der Waals surface area contributed by atoms with Crippen LogP contribution in [0.4, 0.5) is 13.6 Å². The monoisotopic (exact) mass is 355 g/mol. The Morgan fingerprint density at radius 2 is 1.83 bits per heavy atom. The van der Waals surface area contributed by atoms with Gasteiger partial charge in [0.1, 0.15) is 5.60 Å². The Labute approximate surface area is 138 Å². The topological polar surface area (TPSA) is 103 Å². The van der Waals surface area contributed by atoms with Crippen LogP contribution in [0.3, 0.4) is 0 Å². The summed E-state index contributed by atoms with van der Waals surface area (Å²) in [6.45, 7) is 7.23. The van der Waals surface area contributed by atoms with Crippen LogP contribution in [0.15, 0.2) is 12.3 Å². The van der Waals surface area contributed by atoms with E-state index in [9.17, 15) is 18.4 Å². The second kappa shape index (κ2) is 9.38. The van der Waals surface area contributed by atoms with Crippen LogP contribution in [-0.4, -0.2) is 61.9 Å². The van der Waals surface area contributed by atoms with Crippen molar-refractivity contribution in [3.63, 3.8) is 0 Å². The summed E-state index contributed by atoms with van der Waals surface area (Å²) in [6.07, 6.45) is -1.31. The lowest BCUT2D eigenvalue weighted by atomic mass is 10.1. The van der Waals surface area contributed by atoms with Gasteiger partial charge in [0.25, 0.3) is 0 Å². The highest BCUT2D eigenvalue weighted by Gasteiger charge is 2.50. The van der Waals surface area contributed by atoms with Crippen LogP contribution in [-0.2, 0) is 23.7 Å². The fraction of sp³-hybridized carbons (Fsp3) is 0.714. The van der Waals surface area contributed by atoms with E-state index < -0.39 is 42.2 Å². The molecule has 2 N–H and O–H groups in total. The van der Waals surface area contributed by atoms with Gasteiger partial charge in [-0.15, -0.1) is 0 Å². The largest absolute Gasteiger partial charge is 0.480 e. The Hall–Kier alpha value is -1.94. The minimum Gasteiger partial charge on any atom is -0.480 e. The number of alkyl carbamates (subject to hydrolysis) is 1. The molecule has 0 fully saturated rings. The zero-order valence-corrected chi connectivity index (χ0v) is 14.1. The van der Waals surface area contributed by atoms with Crippen LogP contribution >= 0.6 is 0 Å². The van der Waals surface area contributed by atoms with Crippen molar-refractivity contribution in [3.8, 4) is 0 Å². The summed E-state index contributed by atoms with van der Waals surface area (Å²) in [4.78, 5) is 22.6. The minimum absolute atomic E-state index is 0.0911. The highest BCUT2D eigenvalue weighted by atomic mass is 19.3. The molecule has 0 aliphatic rings. The number of methoxy groups -OCH3 is 1. The molecule has 1 atom stereocenters. The third kappa shape index (κ3) is 8.06. The number of halogens is 2. The van der Waals surface area contributed by atoms with E-state index in [4.69, 9.17) is 14.6 Å². The number of rotatable bonds is 10. The molecule has 1 unspecified atom stereocenters. The first kappa shape index (κ1) is 22.1. The average molecular weight is 355 g/mol. The maximum Gasteiger partial charge on any atom is 0.408 e. The van der Waals surface area contributed by atoms with Crippen LogP contribution in [0.5, 0.6) is 0 Å². The molecule has 24 heavy (non-hydrogen) atoms. The van der Waals surface area contributed by atoms with Crippen molar-refractivity contribution in [2.75, 3.05) is 27.1 Å². The molecule has 0 saturated heterocycles. The molecule has 0 spiro atoms. The predicted octanol–water partition coefficient (Wildman–Crippen LogP) is 1.75. The van der Waals surface area contributed by atoms with E-state index in [1.165, 1.54) is 27.9 Å². The van der Waals surface area contributed by atoms with E-state index in [1.54, 1.807) is 5.32 Å². The molecule has 0 heterocycles. The van der Waals surface area contributed by atoms with Gasteiger partial charge in [-0.25, -0.2) is 9.59 Å². The molecule has 1 amide bonds. The van der Waals surface area contributed by atoms with E-state index in [-0.39, 0.29) is 13.2 Å². The van der Waals surface area contributed by atoms with Gasteiger partial charge in [0.05, 0.1) is 13.2 Å². The molecule has 0 aromatic heterocycles. The standard InChI is InChI=1S/C14H23F2NO7/c1-9(23-8-22-7-6-21-5)14(15,16)10(11(18)19)17-12(20)24-13(2,3)4/h10H,1,6-8H2,2-5H3,(H,17,20)(H,18,19). The fourth-order valence-corrected chi connectivity index (χ4v) is 1.30. The highest BCUT2D eigenvalue weighted by Crippen LogP contribution is 2.28. The Balaban J connectivity index is 4.79. The molecule has 0 saturated carbocycles. The summed E-state index contributed by atoms with van der Waals surface area (Å²) in [5, 5.41) is 10.5. The van der Waals surface area contributed by atoms with Gasteiger partial charge in [-0.3, -0.25) is 0 Å². The maximum absolute atomic E-state index is 14.1. The van der Waals surface area contributed by atoms with Crippen molar-refractivity contribution in [2.45, 2.75) is 38.3 Å². The van der Waals surface area contributed by atoms with Crippen molar-refractivity contribution < 1.29 is 42.4 Å². The third-order valence-corrected chi connectivity index (χ3v) is 2.39. The van der Waals surface area contributed by atoms with Gasteiger partial charge < -0.3 is 29.4 Å². The summed E-state index contributed by atoms with van der Waals surface area (Å²) < 4.78 is 47.1. The second-order valence-electron chi connectivity index (χ2n) is 5.63. The molecule has 0 radical (unpaired) electrons. The Bertz CT molecular complexity index is 449. The molecule has 0 bridgehead atoms. The molecule has 0 aromatic rings. The van der Waals surface area contributed by atoms with Gasteiger partial charge >= 0.3 is 18.0 Å². The van der Waals surface area contributed by atoms with Crippen LogP contribution in [0.1, 0.15) is 20.8 Å². The van der Waals surface area contributed by atoms with Crippen molar-refractivity contribution >= 4 is 12.1 Å². The lowest BCUT2D eigenvalue weighted by molar-refractivity contribution is -0.153. The smallest absolute Gasteiger partial charge is 0.408 e. The Morgan fingerprint density at radius 3 is 2.29 bits per heavy atom. The average Bonchev–Trinajstić information content (AvgIpc) is 2.41. The number of hydrogen-bond acceptors (Lipinski definition) is 6. The Kier molecular flexibility index (Phi) is 8.62. The number of alkyl halides is 2. The quantitative estimate of drug-likeness (QED) is 0.349. The number of nitrogens with one attached hydrogen (secondary N) is 1. The van der Waals surface area contributed by atoms with Gasteiger partial charge in [0, 0.05) is 7.11 Å². The van der Waals surface area contributed by atoms with Crippen molar-refractivity contribution in [3.05, 3.63) is 12.3 Å². The molecule has 140 valence electrons. The van der Waals surface area contributed by atoms with Crippen molar-refractivity contribution in [1.82, 2.24) is 5.32 Å². The molecule has 0 rings (SSSR count). The van der Waals surface area contributed by atoms with Crippen molar-refractivity contribution in [1.29, 1.82) is 0 Å². The van der Waals surface area contributed by atoms with Crippen LogP contribution in [0.25, 0.3) is 0 Å². The maximum atomic E-state index is 14.1. The van der Waals surface area contributed by atoms with Crippen LogP contribution < -0.4 is 5.32 Å². The predicted molar refractivity (Wildman–Crippen MR) is 78.7 cm³/mol. The van der Waals surface area contributed by atoms with Gasteiger partial charge in [0.2, 0.25) is 6.04 Å². The molecule has 8 nitrogen and oxygen atoms in total. The summed E-state index contributed by atoms with van der Waals surface area (Å²) in [5.74, 6) is -7.23. The number of carboxylic acids is 1. The van der Waals surface area contributed by atoms with E-state index in [0.29, 0.717) is 0 Å². The first-order valence-electron chi connectivity index (χ1n) is 6.90. The van der Waals surface area contributed by atoms with E-state index in [2.05, 4.69) is 16.1 Å². The highest BCUT2D eigenvalue weighted by molar-refractivity contribution is 5.81. The van der Waals surface area contributed by atoms with Crippen LogP contribution in [0.2, 0.25) is 0 Å². The zero-order valence-electron chi connectivity index (χ0n) is 14.1. The van der Waals surface area contributed by atoms with Gasteiger partial charge in [-0.2, -0.15) is 8.78 Å². The first-order chi connectivity index (χ1) is 10.9. The summed E-state index contributed by atoms with van der Waals surface area (Å²) in [6, 6.07) is -2.61. The molecule has 0 aliphatic carbocycles. The van der Waals surface area contributed by atoms with Gasteiger partial charge in [-0.1, -0.05) is 6.58 Å². The van der Waals surface area contributed by atoms with Gasteiger partial charge in [-0.05, 0) is 20.8 Å². The number of carbonyl (C=O) groups is 2.